The number of fused-ring (bicyclic) bond motifs is 1. The molecule has 11 heteroatoms. The molecule has 4 aromatic rings. The second kappa shape index (κ2) is 11.8. The molecule has 0 unspecified atom stereocenters. The van der Waals surface area contributed by atoms with Gasteiger partial charge in [-0.1, -0.05) is 37.5 Å². The maximum absolute atomic E-state index is 13.1. The first kappa shape index (κ1) is 28.7. The molecule has 0 fully saturated rings. The van der Waals surface area contributed by atoms with E-state index in [1.54, 1.807) is 53.6 Å². The maximum Gasteiger partial charge on any atom is 0.324 e. The highest BCUT2D eigenvalue weighted by Gasteiger charge is 2.22. The van der Waals surface area contributed by atoms with Gasteiger partial charge in [-0.25, -0.2) is 4.79 Å². The third kappa shape index (κ3) is 6.28. The summed E-state index contributed by atoms with van der Waals surface area (Å²) in [5.41, 5.74) is 1.16. The highest BCUT2D eigenvalue weighted by molar-refractivity contribution is 6.34. The van der Waals surface area contributed by atoms with Crippen molar-refractivity contribution in [2.24, 2.45) is 0 Å². The van der Waals surface area contributed by atoms with Crippen LogP contribution in [0.25, 0.3) is 10.9 Å². The van der Waals surface area contributed by atoms with Gasteiger partial charge >= 0.3 is 6.03 Å². The van der Waals surface area contributed by atoms with Crippen LogP contribution in [0, 0.1) is 0 Å². The molecule has 0 aliphatic rings. The first-order chi connectivity index (χ1) is 19.0. The zero-order valence-corrected chi connectivity index (χ0v) is 24.0. The topological polar surface area (TPSA) is 119 Å². The number of rotatable bonds is 8. The van der Waals surface area contributed by atoms with E-state index in [1.807, 2.05) is 34.6 Å². The molecule has 2 N–H and O–H groups in total. The number of hydrogen-bond donors (Lipinski definition) is 2. The predicted octanol–water partition coefficient (Wildman–Crippen LogP) is 7.10. The molecule has 0 atom stereocenters. The SMILES string of the molecule is CCN(CC)C(=O)c1cc2c(Oc3ccc(NC(=O)Nc4cc(C(C)(C)C)on4)c(Cl)c3)ccnc2cc1OC. The average molecular weight is 566 g/mol. The molecule has 4 rings (SSSR count). The van der Waals surface area contributed by atoms with Crippen LogP contribution in [0.3, 0.4) is 0 Å². The molecule has 0 bridgehead atoms. The highest BCUT2D eigenvalue weighted by Crippen LogP contribution is 2.36. The number of ether oxygens (including phenoxy) is 2. The lowest BCUT2D eigenvalue weighted by atomic mass is 9.93. The fourth-order valence-corrected chi connectivity index (χ4v) is 4.22. The van der Waals surface area contributed by atoms with E-state index in [-0.39, 0.29) is 16.3 Å². The fraction of sp³-hybridized carbons (Fsp3) is 0.310. The average Bonchev–Trinajstić information content (AvgIpc) is 3.39. The smallest absolute Gasteiger partial charge is 0.324 e. The molecule has 0 aliphatic heterocycles. The van der Waals surface area contributed by atoms with Gasteiger partial charge < -0.3 is 24.2 Å². The third-order valence-corrected chi connectivity index (χ3v) is 6.52. The van der Waals surface area contributed by atoms with Crippen LogP contribution in [-0.2, 0) is 5.41 Å². The molecule has 2 aromatic carbocycles. The Kier molecular flexibility index (Phi) is 8.49. The van der Waals surface area contributed by atoms with E-state index in [0.717, 1.165) is 0 Å². The second-order valence-electron chi connectivity index (χ2n) is 10.0. The zero-order valence-electron chi connectivity index (χ0n) is 23.3. The number of pyridine rings is 1. The van der Waals surface area contributed by atoms with E-state index in [9.17, 15) is 9.59 Å². The molecule has 2 heterocycles. The van der Waals surface area contributed by atoms with Gasteiger partial charge in [-0.05, 0) is 38.1 Å². The Bertz CT molecular complexity index is 1540. The van der Waals surface area contributed by atoms with E-state index >= 15 is 0 Å². The van der Waals surface area contributed by atoms with Gasteiger partial charge in [0.15, 0.2) is 5.82 Å². The molecule has 10 nitrogen and oxygen atoms in total. The normalized spacial score (nSPS) is 11.3. The summed E-state index contributed by atoms with van der Waals surface area (Å²) in [6.07, 6.45) is 1.61. The minimum absolute atomic E-state index is 0.143. The van der Waals surface area contributed by atoms with Crippen LogP contribution >= 0.6 is 11.6 Å². The fourth-order valence-electron chi connectivity index (χ4n) is 4.00. The van der Waals surface area contributed by atoms with Crippen LogP contribution < -0.4 is 20.1 Å². The van der Waals surface area contributed by atoms with Gasteiger partial charge in [0.05, 0.1) is 28.9 Å². The Balaban J connectivity index is 1.54. The quantitative estimate of drug-likeness (QED) is 0.234. The number of carbonyl (C=O) groups excluding carboxylic acids is 2. The number of nitrogens with zero attached hydrogens (tertiary/aromatic N) is 3. The van der Waals surface area contributed by atoms with E-state index in [0.29, 0.717) is 64.1 Å². The number of hydrogen-bond acceptors (Lipinski definition) is 7. The molecule has 2 aromatic heterocycles. The van der Waals surface area contributed by atoms with Crippen molar-refractivity contribution < 1.29 is 23.6 Å². The number of nitrogens with one attached hydrogen (secondary N) is 2. The monoisotopic (exact) mass is 565 g/mol. The van der Waals surface area contributed by atoms with Crippen molar-refractivity contribution in [3.05, 3.63) is 65.0 Å². The van der Waals surface area contributed by atoms with Gasteiger partial charge in [-0.15, -0.1) is 0 Å². The first-order valence-corrected chi connectivity index (χ1v) is 13.2. The van der Waals surface area contributed by atoms with Gasteiger partial charge in [0, 0.05) is 48.3 Å². The Morgan fingerprint density at radius 2 is 1.77 bits per heavy atom. The maximum atomic E-state index is 13.1. The predicted molar refractivity (Wildman–Crippen MR) is 155 cm³/mol. The second-order valence-corrected chi connectivity index (χ2v) is 10.4. The lowest BCUT2D eigenvalue weighted by Crippen LogP contribution is -2.30. The van der Waals surface area contributed by atoms with Crippen LogP contribution in [0.2, 0.25) is 5.02 Å². The van der Waals surface area contributed by atoms with Crippen LogP contribution in [0.1, 0.15) is 50.7 Å². The number of carbonyl (C=O) groups is 2. The summed E-state index contributed by atoms with van der Waals surface area (Å²) >= 11 is 6.46. The third-order valence-electron chi connectivity index (χ3n) is 6.21. The summed E-state index contributed by atoms with van der Waals surface area (Å²) < 4.78 is 16.9. The van der Waals surface area contributed by atoms with Crippen molar-refractivity contribution in [2.75, 3.05) is 30.8 Å². The molecular weight excluding hydrogens is 534 g/mol. The van der Waals surface area contributed by atoms with E-state index < -0.39 is 6.03 Å². The lowest BCUT2D eigenvalue weighted by Gasteiger charge is -2.20. The Morgan fingerprint density at radius 3 is 2.40 bits per heavy atom. The summed E-state index contributed by atoms with van der Waals surface area (Å²) in [6, 6.07) is 11.2. The highest BCUT2D eigenvalue weighted by atomic mass is 35.5. The minimum Gasteiger partial charge on any atom is -0.496 e. The van der Waals surface area contributed by atoms with Crippen molar-refractivity contribution in [3.8, 4) is 17.2 Å². The van der Waals surface area contributed by atoms with Crippen molar-refractivity contribution >= 4 is 45.9 Å². The number of benzene rings is 2. The molecule has 3 amide bonds. The van der Waals surface area contributed by atoms with E-state index in [4.69, 9.17) is 25.6 Å². The van der Waals surface area contributed by atoms with Crippen molar-refractivity contribution in [1.82, 2.24) is 15.0 Å². The molecule has 0 aliphatic carbocycles. The lowest BCUT2D eigenvalue weighted by molar-refractivity contribution is 0.0770. The van der Waals surface area contributed by atoms with Crippen LogP contribution in [0.15, 0.2) is 53.2 Å². The van der Waals surface area contributed by atoms with Crippen molar-refractivity contribution in [1.29, 1.82) is 0 Å². The van der Waals surface area contributed by atoms with Gasteiger partial charge in [0.1, 0.15) is 23.0 Å². The summed E-state index contributed by atoms with van der Waals surface area (Å²) in [7, 11) is 1.52. The Labute approximate surface area is 237 Å². The summed E-state index contributed by atoms with van der Waals surface area (Å²) in [6.45, 7) is 10.9. The molecule has 40 heavy (non-hydrogen) atoms. The zero-order chi connectivity index (χ0) is 29.0. The Hall–Kier alpha value is -4.31. The molecule has 0 spiro atoms. The van der Waals surface area contributed by atoms with Crippen LogP contribution in [0.5, 0.6) is 17.2 Å². The van der Waals surface area contributed by atoms with Gasteiger partial charge in [-0.2, -0.15) is 0 Å². The number of amides is 3. The molecule has 0 radical (unpaired) electrons. The summed E-state index contributed by atoms with van der Waals surface area (Å²) in [4.78, 5) is 31.8. The molecule has 210 valence electrons. The number of halogens is 1. The van der Waals surface area contributed by atoms with Crippen molar-refractivity contribution in [3.63, 3.8) is 0 Å². The number of aromatic nitrogens is 2. The number of anilines is 2. The van der Waals surface area contributed by atoms with Gasteiger partial charge in [0.2, 0.25) is 0 Å². The summed E-state index contributed by atoms with van der Waals surface area (Å²) in [5.74, 6) is 2.15. The first-order valence-electron chi connectivity index (χ1n) is 12.8. The summed E-state index contributed by atoms with van der Waals surface area (Å²) in [5, 5.41) is 10.1. The largest absolute Gasteiger partial charge is 0.496 e. The molecule has 0 saturated heterocycles. The van der Waals surface area contributed by atoms with Crippen LogP contribution in [-0.4, -0.2) is 47.2 Å². The Morgan fingerprint density at radius 1 is 1.02 bits per heavy atom. The minimum atomic E-state index is -0.524. The van der Waals surface area contributed by atoms with Crippen molar-refractivity contribution in [2.45, 2.75) is 40.0 Å². The van der Waals surface area contributed by atoms with Gasteiger partial charge in [-0.3, -0.25) is 15.1 Å². The standard InChI is InChI=1S/C29H32ClN5O5/c1-7-35(8-2)27(36)19-14-18-22(15-24(19)38-6)31-12-11-23(18)39-17-9-10-21(20(30)13-17)32-28(37)33-26-16-25(40-34-26)29(3,4)5/h9-16H,7-8H2,1-6H3,(H2,32,33,34,37). The number of urea groups is 1. The van der Waals surface area contributed by atoms with Crippen LogP contribution in [0.4, 0.5) is 16.3 Å². The van der Waals surface area contributed by atoms with Gasteiger partial charge in [0.25, 0.3) is 5.91 Å². The molecule has 0 saturated carbocycles. The number of methoxy groups -OCH3 is 1. The van der Waals surface area contributed by atoms with E-state index in [1.165, 1.54) is 7.11 Å². The molecular formula is C29H32ClN5O5. The van der Waals surface area contributed by atoms with E-state index in [2.05, 4.69) is 20.8 Å².